The van der Waals surface area contributed by atoms with E-state index in [4.69, 9.17) is 4.42 Å². The number of piperidine rings is 1. The number of furan rings is 1. The van der Waals surface area contributed by atoms with Crippen LogP contribution in [0.1, 0.15) is 37.2 Å². The van der Waals surface area contributed by atoms with Gasteiger partial charge in [0.25, 0.3) is 0 Å². The monoisotopic (exact) mass is 345 g/mol. The third kappa shape index (κ3) is 4.48. The molecule has 0 bridgehead atoms. The normalized spacial score (nSPS) is 19.7. The van der Waals surface area contributed by atoms with Crippen LogP contribution in [0, 0.1) is 19.8 Å². The summed E-state index contributed by atoms with van der Waals surface area (Å²) in [5, 5.41) is 7.42. The number of hydrogen-bond donors (Lipinski definition) is 1. The van der Waals surface area contributed by atoms with Crippen molar-refractivity contribution < 1.29 is 9.21 Å². The summed E-state index contributed by atoms with van der Waals surface area (Å²) >= 11 is 0. The van der Waals surface area contributed by atoms with Crippen LogP contribution in [0.25, 0.3) is 0 Å². The average molecular weight is 345 g/mol. The minimum atomic E-state index is -0.142. The number of carbonyl (C=O) groups excluding carboxylic acids is 1. The van der Waals surface area contributed by atoms with E-state index in [9.17, 15) is 4.79 Å². The molecule has 0 radical (unpaired) electrons. The Bertz CT molecular complexity index is 694. The number of nitrogens with zero attached hydrogens (tertiary/aromatic N) is 4. The number of aryl methyl sites for hydroxylation is 2. The van der Waals surface area contributed by atoms with Gasteiger partial charge in [0.1, 0.15) is 17.4 Å². The SMILES string of the molecule is Cc1nc(C)n(C[C@@H]2CCCN([C@H](C)C(=O)NCc3ccco3)C2)n1. The van der Waals surface area contributed by atoms with Gasteiger partial charge in [-0.3, -0.25) is 9.69 Å². The molecule has 3 heterocycles. The van der Waals surface area contributed by atoms with E-state index in [1.807, 2.05) is 37.6 Å². The Kier molecular flexibility index (Phi) is 5.53. The van der Waals surface area contributed by atoms with Crippen molar-refractivity contribution in [3.05, 3.63) is 35.8 Å². The number of rotatable bonds is 6. The third-order valence-corrected chi connectivity index (χ3v) is 4.89. The molecule has 1 amide bonds. The van der Waals surface area contributed by atoms with Crippen LogP contribution in [0.2, 0.25) is 0 Å². The number of carbonyl (C=O) groups is 1. The smallest absolute Gasteiger partial charge is 0.237 e. The highest BCUT2D eigenvalue weighted by Crippen LogP contribution is 2.20. The fraction of sp³-hybridized carbons (Fsp3) is 0.611. The van der Waals surface area contributed by atoms with E-state index in [0.29, 0.717) is 12.5 Å². The molecule has 1 fully saturated rings. The Balaban J connectivity index is 1.53. The molecule has 3 rings (SSSR count). The fourth-order valence-corrected chi connectivity index (χ4v) is 3.48. The first-order valence-electron chi connectivity index (χ1n) is 8.95. The van der Waals surface area contributed by atoms with Gasteiger partial charge in [-0.1, -0.05) is 0 Å². The van der Waals surface area contributed by atoms with Crippen molar-refractivity contribution in [2.24, 2.45) is 5.92 Å². The van der Waals surface area contributed by atoms with Gasteiger partial charge in [0, 0.05) is 13.1 Å². The van der Waals surface area contributed by atoms with Crippen LogP contribution in [0.15, 0.2) is 22.8 Å². The zero-order valence-corrected chi connectivity index (χ0v) is 15.2. The third-order valence-electron chi connectivity index (χ3n) is 4.89. The molecule has 1 aliphatic rings. The first kappa shape index (κ1) is 17.7. The predicted molar refractivity (Wildman–Crippen MR) is 93.8 cm³/mol. The molecule has 2 aromatic heterocycles. The molecule has 0 spiro atoms. The highest BCUT2D eigenvalue weighted by molar-refractivity contribution is 5.81. The van der Waals surface area contributed by atoms with E-state index in [-0.39, 0.29) is 11.9 Å². The maximum absolute atomic E-state index is 12.4. The maximum atomic E-state index is 12.4. The zero-order chi connectivity index (χ0) is 17.8. The second-order valence-corrected chi connectivity index (χ2v) is 6.86. The van der Waals surface area contributed by atoms with Gasteiger partial charge in [-0.15, -0.1) is 0 Å². The lowest BCUT2D eigenvalue weighted by Gasteiger charge is -2.36. The highest BCUT2D eigenvalue weighted by atomic mass is 16.3. The number of aromatic nitrogens is 3. The van der Waals surface area contributed by atoms with Gasteiger partial charge in [-0.05, 0) is 58.2 Å². The van der Waals surface area contributed by atoms with Crippen molar-refractivity contribution >= 4 is 5.91 Å². The van der Waals surface area contributed by atoms with Crippen molar-refractivity contribution in [2.75, 3.05) is 13.1 Å². The van der Waals surface area contributed by atoms with Crippen molar-refractivity contribution in [1.29, 1.82) is 0 Å². The van der Waals surface area contributed by atoms with Gasteiger partial charge >= 0.3 is 0 Å². The van der Waals surface area contributed by atoms with E-state index in [1.165, 1.54) is 0 Å². The second kappa shape index (κ2) is 7.82. The summed E-state index contributed by atoms with van der Waals surface area (Å²) in [6, 6.07) is 3.55. The first-order valence-corrected chi connectivity index (χ1v) is 8.95. The first-order chi connectivity index (χ1) is 12.0. The quantitative estimate of drug-likeness (QED) is 0.865. The van der Waals surface area contributed by atoms with Crippen LogP contribution in [-0.4, -0.2) is 44.7 Å². The molecule has 0 unspecified atom stereocenters. The zero-order valence-electron chi connectivity index (χ0n) is 15.2. The highest BCUT2D eigenvalue weighted by Gasteiger charge is 2.28. The molecule has 0 saturated carbocycles. The lowest BCUT2D eigenvalue weighted by Crippen LogP contribution is -2.49. The van der Waals surface area contributed by atoms with E-state index in [0.717, 1.165) is 49.9 Å². The van der Waals surface area contributed by atoms with Crippen LogP contribution in [0.4, 0.5) is 0 Å². The lowest BCUT2D eigenvalue weighted by molar-refractivity contribution is -0.126. The molecule has 7 nitrogen and oxygen atoms in total. The molecule has 2 aromatic rings. The molecular weight excluding hydrogens is 318 g/mol. The summed E-state index contributed by atoms with van der Waals surface area (Å²) in [7, 11) is 0. The number of likely N-dealkylation sites (tertiary alicyclic amines) is 1. The Hall–Kier alpha value is -2.15. The van der Waals surface area contributed by atoms with Crippen LogP contribution in [0.3, 0.4) is 0 Å². The van der Waals surface area contributed by atoms with E-state index >= 15 is 0 Å². The van der Waals surface area contributed by atoms with E-state index < -0.39 is 0 Å². The van der Waals surface area contributed by atoms with Gasteiger partial charge < -0.3 is 9.73 Å². The predicted octanol–water partition coefficient (Wildman–Crippen LogP) is 1.90. The van der Waals surface area contributed by atoms with Gasteiger partial charge in [0.15, 0.2) is 0 Å². The van der Waals surface area contributed by atoms with Crippen molar-refractivity contribution in [1.82, 2.24) is 25.0 Å². The molecule has 1 saturated heterocycles. The molecule has 7 heteroatoms. The summed E-state index contributed by atoms with van der Waals surface area (Å²) in [6.07, 6.45) is 3.89. The Morgan fingerprint density at radius 3 is 3.00 bits per heavy atom. The standard InChI is InChI=1S/C18H27N5O2/c1-13(18(24)19-10-17-7-5-9-25-17)22-8-4-6-16(11-22)12-23-15(3)20-14(2)21-23/h5,7,9,13,16H,4,6,8,10-12H2,1-3H3,(H,19,24)/t13-,16-/m1/s1. The Morgan fingerprint density at radius 2 is 2.32 bits per heavy atom. The van der Waals surface area contributed by atoms with Crippen LogP contribution < -0.4 is 5.32 Å². The second-order valence-electron chi connectivity index (χ2n) is 6.86. The molecule has 25 heavy (non-hydrogen) atoms. The number of nitrogens with one attached hydrogen (secondary N) is 1. The number of hydrogen-bond acceptors (Lipinski definition) is 5. The summed E-state index contributed by atoms with van der Waals surface area (Å²) < 4.78 is 7.25. The molecule has 0 aliphatic carbocycles. The fourth-order valence-electron chi connectivity index (χ4n) is 3.48. The van der Waals surface area contributed by atoms with Crippen molar-refractivity contribution in [3.63, 3.8) is 0 Å². The molecule has 0 aromatic carbocycles. The van der Waals surface area contributed by atoms with Gasteiger partial charge in [-0.2, -0.15) is 5.10 Å². The lowest BCUT2D eigenvalue weighted by atomic mass is 9.96. The summed E-state index contributed by atoms with van der Waals surface area (Å²) in [5.74, 6) is 3.09. The van der Waals surface area contributed by atoms with Gasteiger partial charge in [-0.25, -0.2) is 9.67 Å². The van der Waals surface area contributed by atoms with Gasteiger partial charge in [0.2, 0.25) is 5.91 Å². The van der Waals surface area contributed by atoms with E-state index in [2.05, 4.69) is 20.3 Å². The largest absolute Gasteiger partial charge is 0.467 e. The maximum Gasteiger partial charge on any atom is 0.237 e. The van der Waals surface area contributed by atoms with Crippen molar-refractivity contribution in [2.45, 2.75) is 52.7 Å². The average Bonchev–Trinajstić information content (AvgIpc) is 3.22. The van der Waals surface area contributed by atoms with Gasteiger partial charge in [0.05, 0.1) is 18.8 Å². The van der Waals surface area contributed by atoms with Crippen LogP contribution in [0.5, 0.6) is 0 Å². The summed E-state index contributed by atoms with van der Waals surface area (Å²) in [5.41, 5.74) is 0. The Morgan fingerprint density at radius 1 is 1.48 bits per heavy atom. The van der Waals surface area contributed by atoms with E-state index in [1.54, 1.807) is 6.26 Å². The van der Waals surface area contributed by atoms with Crippen LogP contribution >= 0.6 is 0 Å². The molecule has 1 aliphatic heterocycles. The minimum absolute atomic E-state index is 0.0461. The molecule has 136 valence electrons. The van der Waals surface area contributed by atoms with Crippen molar-refractivity contribution in [3.8, 4) is 0 Å². The summed E-state index contributed by atoms with van der Waals surface area (Å²) in [6.45, 7) is 9.06. The molecule has 1 N–H and O–H groups in total. The Labute approximate surface area is 148 Å². The summed E-state index contributed by atoms with van der Waals surface area (Å²) in [4.78, 5) is 19.1. The minimum Gasteiger partial charge on any atom is -0.467 e. The number of amides is 1. The molecular formula is C18H27N5O2. The molecule has 2 atom stereocenters. The van der Waals surface area contributed by atoms with Crippen LogP contribution in [-0.2, 0) is 17.9 Å². The topological polar surface area (TPSA) is 76.2 Å².